The number of thioether (sulfide) groups is 1. The molecule has 0 aliphatic carbocycles. The number of anilines is 2. The number of nitrogens with one attached hydrogen (secondary N) is 2. The van der Waals surface area contributed by atoms with Gasteiger partial charge >= 0.3 is 0 Å². The first kappa shape index (κ1) is 32.6. The van der Waals surface area contributed by atoms with E-state index in [1.807, 2.05) is 42.7 Å². The second-order valence-electron chi connectivity index (χ2n) is 11.1. The van der Waals surface area contributed by atoms with Gasteiger partial charge in [-0.2, -0.15) is 0 Å². The molecule has 1 atom stereocenters. The average molecular weight is 640 g/mol. The SMILES string of the molecule is Cc1cccc(C)c1NC(=O)CSc1nnc(-c2cccc(S(=O)(=O)Nc3ccccc3Cl)c2)n1[C@@H](C)CCCC(C)C. The molecule has 0 saturated carbocycles. The van der Waals surface area contributed by atoms with Crippen molar-refractivity contribution in [3.05, 3.63) is 82.9 Å². The zero-order valence-electron chi connectivity index (χ0n) is 25.1. The van der Waals surface area contributed by atoms with Gasteiger partial charge in [0.1, 0.15) is 0 Å². The van der Waals surface area contributed by atoms with Gasteiger partial charge in [-0.3, -0.25) is 14.1 Å². The van der Waals surface area contributed by atoms with E-state index in [4.69, 9.17) is 11.6 Å². The molecular formula is C32H38ClN5O3S2. The molecule has 4 rings (SSSR count). The van der Waals surface area contributed by atoms with Gasteiger partial charge in [-0.25, -0.2) is 8.42 Å². The zero-order chi connectivity index (χ0) is 31.1. The van der Waals surface area contributed by atoms with Crippen LogP contribution in [0.3, 0.4) is 0 Å². The van der Waals surface area contributed by atoms with Crippen molar-refractivity contribution in [2.75, 3.05) is 15.8 Å². The second kappa shape index (κ2) is 14.4. The Kier molecular flexibility index (Phi) is 10.9. The number of halogens is 1. The predicted octanol–water partition coefficient (Wildman–Crippen LogP) is 8.13. The van der Waals surface area contributed by atoms with Crippen LogP contribution < -0.4 is 10.0 Å². The number of carbonyl (C=O) groups excluding carboxylic acids is 1. The maximum Gasteiger partial charge on any atom is 0.261 e. The van der Waals surface area contributed by atoms with Crippen molar-refractivity contribution in [1.82, 2.24) is 14.8 Å². The van der Waals surface area contributed by atoms with Crippen LogP contribution in [0.15, 0.2) is 76.8 Å². The van der Waals surface area contributed by atoms with Crippen LogP contribution in [0.2, 0.25) is 5.02 Å². The molecule has 0 aliphatic heterocycles. The van der Waals surface area contributed by atoms with Crippen molar-refractivity contribution in [1.29, 1.82) is 0 Å². The molecule has 4 aromatic rings. The van der Waals surface area contributed by atoms with E-state index < -0.39 is 10.0 Å². The Hall–Kier alpha value is -3.34. The topological polar surface area (TPSA) is 106 Å². The number of sulfonamides is 1. The molecule has 1 amide bonds. The lowest BCUT2D eigenvalue weighted by Gasteiger charge is -2.19. The van der Waals surface area contributed by atoms with Gasteiger partial charge < -0.3 is 5.32 Å². The Balaban J connectivity index is 1.61. The lowest BCUT2D eigenvalue weighted by atomic mass is 10.0. The maximum atomic E-state index is 13.3. The van der Waals surface area contributed by atoms with Gasteiger partial charge in [0, 0.05) is 17.3 Å². The third kappa shape index (κ3) is 8.40. The van der Waals surface area contributed by atoms with Crippen LogP contribution in [0.5, 0.6) is 0 Å². The van der Waals surface area contributed by atoms with Crippen LogP contribution in [0.25, 0.3) is 11.4 Å². The van der Waals surface area contributed by atoms with E-state index >= 15 is 0 Å². The molecule has 2 N–H and O–H groups in total. The fourth-order valence-corrected chi connectivity index (χ4v) is 6.99. The molecule has 0 aliphatic rings. The molecule has 0 spiro atoms. The molecule has 43 heavy (non-hydrogen) atoms. The summed E-state index contributed by atoms with van der Waals surface area (Å²) in [7, 11) is -3.92. The lowest BCUT2D eigenvalue weighted by molar-refractivity contribution is -0.113. The van der Waals surface area contributed by atoms with E-state index in [0.29, 0.717) is 33.2 Å². The molecule has 0 bridgehead atoms. The van der Waals surface area contributed by atoms with E-state index in [9.17, 15) is 13.2 Å². The summed E-state index contributed by atoms with van der Waals surface area (Å²) in [4.78, 5) is 13.0. The first-order valence-corrected chi connectivity index (χ1v) is 17.1. The van der Waals surface area contributed by atoms with Crippen LogP contribution in [0.1, 0.15) is 57.2 Å². The molecule has 1 heterocycles. The summed E-state index contributed by atoms with van der Waals surface area (Å²) in [5.74, 6) is 1.15. The molecule has 8 nitrogen and oxygen atoms in total. The second-order valence-corrected chi connectivity index (χ2v) is 14.1. The Morgan fingerprint density at radius 1 is 0.953 bits per heavy atom. The molecule has 0 radical (unpaired) electrons. The molecule has 11 heteroatoms. The summed E-state index contributed by atoms with van der Waals surface area (Å²) in [5.41, 5.74) is 3.73. The van der Waals surface area contributed by atoms with Gasteiger partial charge in [-0.1, -0.05) is 92.5 Å². The summed E-state index contributed by atoms with van der Waals surface area (Å²) >= 11 is 7.51. The zero-order valence-corrected chi connectivity index (χ0v) is 27.5. The first-order chi connectivity index (χ1) is 20.5. The Labute approximate surface area is 263 Å². The molecule has 0 saturated heterocycles. The minimum atomic E-state index is -3.92. The first-order valence-electron chi connectivity index (χ1n) is 14.3. The highest BCUT2D eigenvalue weighted by atomic mass is 35.5. The number of nitrogens with zero attached hydrogens (tertiary/aromatic N) is 3. The molecule has 1 aromatic heterocycles. The van der Waals surface area contributed by atoms with Crippen LogP contribution in [0.4, 0.5) is 11.4 Å². The van der Waals surface area contributed by atoms with Gasteiger partial charge in [0.05, 0.1) is 21.4 Å². The summed E-state index contributed by atoms with van der Waals surface area (Å²) < 4.78 is 31.2. The fraction of sp³-hybridized carbons (Fsp3) is 0.344. The monoisotopic (exact) mass is 639 g/mol. The fourth-order valence-electron chi connectivity index (χ4n) is 4.79. The molecular weight excluding hydrogens is 602 g/mol. The number of carbonyl (C=O) groups is 1. The van der Waals surface area contributed by atoms with E-state index in [2.05, 4.69) is 41.0 Å². The minimum absolute atomic E-state index is 0.0226. The lowest BCUT2D eigenvalue weighted by Crippen LogP contribution is -2.17. The van der Waals surface area contributed by atoms with Crippen LogP contribution >= 0.6 is 23.4 Å². The molecule has 3 aromatic carbocycles. The van der Waals surface area contributed by atoms with Crippen molar-refractivity contribution < 1.29 is 13.2 Å². The van der Waals surface area contributed by atoms with Crippen LogP contribution in [-0.4, -0.2) is 34.8 Å². The summed E-state index contributed by atoms with van der Waals surface area (Å²) in [5, 5.41) is 12.9. The third-order valence-electron chi connectivity index (χ3n) is 7.11. The van der Waals surface area contributed by atoms with E-state index in [0.717, 1.165) is 36.1 Å². The van der Waals surface area contributed by atoms with Gasteiger partial charge in [0.25, 0.3) is 10.0 Å². The number of amides is 1. The van der Waals surface area contributed by atoms with E-state index in [1.54, 1.807) is 36.4 Å². The predicted molar refractivity (Wildman–Crippen MR) is 176 cm³/mol. The maximum absolute atomic E-state index is 13.3. The number of para-hydroxylation sites is 2. The summed E-state index contributed by atoms with van der Waals surface area (Å²) in [6.07, 6.45) is 2.99. The van der Waals surface area contributed by atoms with Gasteiger partial charge in [-0.05, 0) is 68.5 Å². The number of hydrogen-bond donors (Lipinski definition) is 2. The standard InChI is InChI=1S/C32H38ClN5O3S2/c1-21(2)11-8-14-24(5)38-31(35-36-32(38)42-20-29(39)34-30-22(3)12-9-13-23(30)4)25-15-10-16-26(19-25)43(40,41)37-28-18-7-6-17-27(28)33/h6-7,9-10,12-13,15-19,21,24,37H,8,11,14,20H2,1-5H3,(H,34,39)/t24-/m0/s1. The largest absolute Gasteiger partial charge is 0.325 e. The molecule has 228 valence electrons. The van der Waals surface area contributed by atoms with E-state index in [-0.39, 0.29) is 22.6 Å². The summed E-state index contributed by atoms with van der Waals surface area (Å²) in [6.45, 7) is 10.4. The van der Waals surface area contributed by atoms with E-state index in [1.165, 1.54) is 17.8 Å². The van der Waals surface area contributed by atoms with Gasteiger partial charge in [0.15, 0.2) is 11.0 Å². The van der Waals surface area contributed by atoms with Crippen LogP contribution in [-0.2, 0) is 14.8 Å². The van der Waals surface area contributed by atoms with Crippen LogP contribution in [0, 0.1) is 19.8 Å². The van der Waals surface area contributed by atoms with Crippen molar-refractivity contribution in [2.45, 2.75) is 70.0 Å². The number of hydrogen-bond acceptors (Lipinski definition) is 6. The minimum Gasteiger partial charge on any atom is -0.325 e. The highest BCUT2D eigenvalue weighted by molar-refractivity contribution is 7.99. The highest BCUT2D eigenvalue weighted by Crippen LogP contribution is 2.32. The van der Waals surface area contributed by atoms with Crippen molar-refractivity contribution >= 4 is 50.7 Å². The number of aromatic nitrogens is 3. The normalized spacial score (nSPS) is 12.3. The number of aryl methyl sites for hydroxylation is 2. The quantitative estimate of drug-likeness (QED) is 0.143. The van der Waals surface area contributed by atoms with Crippen molar-refractivity contribution in [3.63, 3.8) is 0 Å². The third-order valence-corrected chi connectivity index (χ3v) is 9.74. The average Bonchev–Trinajstić information content (AvgIpc) is 3.39. The Morgan fingerprint density at radius 3 is 2.35 bits per heavy atom. The number of rotatable bonds is 13. The summed E-state index contributed by atoms with van der Waals surface area (Å²) in [6, 6.07) is 19.2. The van der Waals surface area contributed by atoms with Gasteiger partial charge in [-0.15, -0.1) is 10.2 Å². The molecule has 0 fully saturated rings. The number of benzene rings is 3. The molecule has 0 unspecified atom stereocenters. The Morgan fingerprint density at radius 2 is 1.65 bits per heavy atom. The van der Waals surface area contributed by atoms with Gasteiger partial charge in [0.2, 0.25) is 5.91 Å². The smallest absolute Gasteiger partial charge is 0.261 e. The Bertz CT molecular complexity index is 1670. The highest BCUT2D eigenvalue weighted by Gasteiger charge is 2.23. The van der Waals surface area contributed by atoms with Crippen molar-refractivity contribution in [3.8, 4) is 11.4 Å². The van der Waals surface area contributed by atoms with Crippen molar-refractivity contribution in [2.24, 2.45) is 5.92 Å².